The molecular weight excluding hydrogens is 322 g/mol. The van der Waals surface area contributed by atoms with Crippen LogP contribution in [0.15, 0.2) is 34.0 Å². The first-order valence-corrected chi connectivity index (χ1v) is 9.21. The van der Waals surface area contributed by atoms with Crippen molar-refractivity contribution in [2.24, 2.45) is 4.99 Å². The maximum absolute atomic E-state index is 9.12. The zero-order valence-corrected chi connectivity index (χ0v) is 14.6. The van der Waals surface area contributed by atoms with E-state index in [9.17, 15) is 0 Å². The molecule has 0 radical (unpaired) electrons. The van der Waals surface area contributed by atoms with Gasteiger partial charge in [-0.1, -0.05) is 12.1 Å². The predicted molar refractivity (Wildman–Crippen MR) is 96.9 cm³/mol. The van der Waals surface area contributed by atoms with Crippen LogP contribution in [0.5, 0.6) is 11.5 Å². The molecule has 1 aromatic carbocycles. The summed E-state index contributed by atoms with van der Waals surface area (Å²) in [6, 6.07) is 6.06. The highest BCUT2D eigenvalue weighted by atomic mass is 32.1. The zero-order valence-electron chi connectivity index (χ0n) is 13.7. The minimum absolute atomic E-state index is 0.218. The van der Waals surface area contributed by atoms with Gasteiger partial charge < -0.3 is 14.7 Å². The topological polar surface area (TPSA) is 48.3 Å². The van der Waals surface area contributed by atoms with Crippen molar-refractivity contribution in [3.8, 4) is 11.5 Å². The molecule has 2 aliphatic rings. The molecule has 2 aromatic rings. The van der Waals surface area contributed by atoms with Crippen molar-refractivity contribution in [1.82, 2.24) is 9.80 Å². The summed E-state index contributed by atoms with van der Waals surface area (Å²) < 4.78 is 6.13. The molecule has 2 aliphatic heterocycles. The number of rotatable bonds is 2. The standard InChI is InChI=1S/C18H21N3O2S/c1-13-3-2-4-15-17(13)19-18(14-11-24-12-16(14)23-15)21-7-5-20(6-8-21)9-10-22/h2-4,11-12,22H,5-10H2,1H3. The van der Waals surface area contributed by atoms with Crippen molar-refractivity contribution in [1.29, 1.82) is 0 Å². The molecule has 1 saturated heterocycles. The molecule has 0 bridgehead atoms. The Hall–Kier alpha value is -1.89. The number of benzene rings is 1. The normalized spacial score (nSPS) is 17.6. The number of hydrogen-bond donors (Lipinski definition) is 1. The second kappa shape index (κ2) is 6.55. The number of fused-ring (bicyclic) bond motifs is 2. The van der Waals surface area contributed by atoms with E-state index < -0.39 is 0 Å². The molecule has 1 N–H and O–H groups in total. The van der Waals surface area contributed by atoms with Gasteiger partial charge in [-0.2, -0.15) is 0 Å². The van der Waals surface area contributed by atoms with Crippen molar-refractivity contribution in [3.63, 3.8) is 0 Å². The van der Waals surface area contributed by atoms with Gasteiger partial charge in [0.25, 0.3) is 0 Å². The summed E-state index contributed by atoms with van der Waals surface area (Å²) in [5.74, 6) is 2.72. The van der Waals surface area contributed by atoms with Crippen molar-refractivity contribution >= 4 is 22.9 Å². The van der Waals surface area contributed by atoms with Crippen LogP contribution < -0.4 is 4.74 Å². The van der Waals surface area contributed by atoms with Crippen molar-refractivity contribution in [2.45, 2.75) is 6.92 Å². The first-order chi connectivity index (χ1) is 11.8. The summed E-state index contributed by atoms with van der Waals surface area (Å²) >= 11 is 1.64. The van der Waals surface area contributed by atoms with Gasteiger partial charge in [0.15, 0.2) is 5.75 Å². The number of amidine groups is 1. The maximum atomic E-state index is 9.12. The van der Waals surface area contributed by atoms with Crippen LogP contribution in [0.1, 0.15) is 11.1 Å². The fourth-order valence-corrected chi connectivity index (χ4v) is 3.96. The lowest BCUT2D eigenvalue weighted by Crippen LogP contribution is -2.49. The summed E-state index contributed by atoms with van der Waals surface area (Å²) in [5, 5.41) is 13.3. The van der Waals surface area contributed by atoms with Gasteiger partial charge in [0.2, 0.25) is 0 Å². The Bertz CT molecular complexity index is 763. The van der Waals surface area contributed by atoms with E-state index in [1.165, 1.54) is 0 Å². The highest BCUT2D eigenvalue weighted by Gasteiger charge is 2.26. The fraction of sp³-hybridized carbons (Fsp3) is 0.389. The summed E-state index contributed by atoms with van der Waals surface area (Å²) in [6.45, 7) is 6.75. The molecule has 0 aliphatic carbocycles. The summed E-state index contributed by atoms with van der Waals surface area (Å²) in [7, 11) is 0. The molecule has 1 fully saturated rings. The Labute approximate surface area is 145 Å². The number of hydrogen-bond acceptors (Lipinski definition) is 6. The average molecular weight is 343 g/mol. The van der Waals surface area contributed by atoms with Crippen LogP contribution in [0.2, 0.25) is 0 Å². The first-order valence-electron chi connectivity index (χ1n) is 8.27. The van der Waals surface area contributed by atoms with E-state index in [0.717, 1.165) is 66.9 Å². The third kappa shape index (κ3) is 2.81. The minimum Gasteiger partial charge on any atom is -0.453 e. The van der Waals surface area contributed by atoms with Crippen molar-refractivity contribution in [2.75, 3.05) is 39.3 Å². The Morgan fingerprint density at radius 1 is 1.17 bits per heavy atom. The average Bonchev–Trinajstić information content (AvgIpc) is 2.97. The van der Waals surface area contributed by atoms with Crippen molar-refractivity contribution in [3.05, 3.63) is 40.1 Å². The summed E-state index contributed by atoms with van der Waals surface area (Å²) in [5.41, 5.74) is 3.12. The van der Waals surface area contributed by atoms with Crippen LogP contribution >= 0.6 is 11.3 Å². The predicted octanol–water partition coefficient (Wildman–Crippen LogP) is 2.85. The Morgan fingerprint density at radius 3 is 2.79 bits per heavy atom. The van der Waals surface area contributed by atoms with Gasteiger partial charge in [-0.25, -0.2) is 4.99 Å². The summed E-state index contributed by atoms with van der Waals surface area (Å²) in [6.07, 6.45) is 0. The van der Waals surface area contributed by atoms with Crippen LogP contribution in [0.4, 0.5) is 5.69 Å². The van der Waals surface area contributed by atoms with E-state index in [1.807, 2.05) is 17.5 Å². The number of aliphatic hydroxyl groups is 1. The molecule has 6 heteroatoms. The van der Waals surface area contributed by atoms with E-state index in [-0.39, 0.29) is 6.61 Å². The lowest BCUT2D eigenvalue weighted by atomic mass is 10.2. The van der Waals surface area contributed by atoms with Crippen molar-refractivity contribution < 1.29 is 9.84 Å². The molecule has 1 aromatic heterocycles. The second-order valence-electron chi connectivity index (χ2n) is 6.16. The Balaban J connectivity index is 1.70. The molecule has 4 rings (SSSR count). The van der Waals surface area contributed by atoms with Gasteiger partial charge in [0.05, 0.1) is 12.2 Å². The van der Waals surface area contributed by atoms with E-state index >= 15 is 0 Å². The third-order valence-corrected chi connectivity index (χ3v) is 5.32. The van der Waals surface area contributed by atoms with Gasteiger partial charge in [-0.15, -0.1) is 11.3 Å². The molecule has 0 atom stereocenters. The van der Waals surface area contributed by atoms with Crippen LogP contribution in [-0.4, -0.2) is 60.1 Å². The molecule has 126 valence electrons. The molecule has 5 nitrogen and oxygen atoms in total. The smallest absolute Gasteiger partial charge is 0.153 e. The monoisotopic (exact) mass is 343 g/mol. The lowest BCUT2D eigenvalue weighted by Gasteiger charge is -2.36. The molecular formula is C18H21N3O2S. The van der Waals surface area contributed by atoms with E-state index in [4.69, 9.17) is 14.8 Å². The summed E-state index contributed by atoms with van der Waals surface area (Å²) in [4.78, 5) is 9.63. The lowest BCUT2D eigenvalue weighted by molar-refractivity contribution is 0.147. The number of nitrogens with zero attached hydrogens (tertiary/aromatic N) is 3. The number of aliphatic hydroxyl groups excluding tert-OH is 1. The fourth-order valence-electron chi connectivity index (χ4n) is 3.24. The first kappa shape index (κ1) is 15.6. The highest BCUT2D eigenvalue weighted by Crippen LogP contribution is 2.41. The Kier molecular flexibility index (Phi) is 4.26. The quantitative estimate of drug-likeness (QED) is 0.911. The SMILES string of the molecule is Cc1cccc2c1N=C(N1CCN(CCO)CC1)c1cscc1O2. The number of aliphatic imine (C=N–C) groups is 1. The van der Waals surface area contributed by atoms with Gasteiger partial charge in [0, 0.05) is 43.5 Å². The molecule has 24 heavy (non-hydrogen) atoms. The Morgan fingerprint density at radius 2 is 2.00 bits per heavy atom. The molecule has 0 unspecified atom stereocenters. The molecule has 0 amide bonds. The second-order valence-corrected chi connectivity index (χ2v) is 6.90. The van der Waals surface area contributed by atoms with Crippen LogP contribution in [0.25, 0.3) is 0 Å². The largest absolute Gasteiger partial charge is 0.453 e. The highest BCUT2D eigenvalue weighted by molar-refractivity contribution is 7.08. The van der Waals surface area contributed by atoms with Crippen LogP contribution in [-0.2, 0) is 0 Å². The number of piperazine rings is 1. The number of β-amino-alcohol motifs (C(OH)–C–C–N with tert-alkyl or cyclic N) is 1. The van der Waals surface area contributed by atoms with Gasteiger partial charge in [0.1, 0.15) is 17.3 Å². The third-order valence-electron chi connectivity index (χ3n) is 4.59. The molecule has 0 saturated carbocycles. The van der Waals surface area contributed by atoms with E-state index in [0.29, 0.717) is 0 Å². The van der Waals surface area contributed by atoms with E-state index in [1.54, 1.807) is 11.3 Å². The van der Waals surface area contributed by atoms with Gasteiger partial charge in [-0.05, 0) is 18.6 Å². The zero-order chi connectivity index (χ0) is 16.5. The molecule has 3 heterocycles. The molecule has 0 spiro atoms. The number of aryl methyl sites for hydroxylation is 1. The van der Waals surface area contributed by atoms with Crippen LogP contribution in [0, 0.1) is 6.92 Å². The number of ether oxygens (including phenoxy) is 1. The van der Waals surface area contributed by atoms with Crippen LogP contribution in [0.3, 0.4) is 0 Å². The maximum Gasteiger partial charge on any atom is 0.153 e. The van der Waals surface area contributed by atoms with Gasteiger partial charge in [-0.3, -0.25) is 4.90 Å². The minimum atomic E-state index is 0.218. The van der Waals surface area contributed by atoms with Gasteiger partial charge >= 0.3 is 0 Å². The number of thiophene rings is 1. The van der Waals surface area contributed by atoms with E-state index in [2.05, 4.69) is 28.2 Å². The number of para-hydroxylation sites is 1.